The highest BCUT2D eigenvalue weighted by Crippen LogP contribution is 2.20. The Balaban J connectivity index is 2.27. The Bertz CT molecular complexity index is 178. The minimum absolute atomic E-state index is 0.0472. The highest BCUT2D eigenvalue weighted by Gasteiger charge is 2.25. The van der Waals surface area contributed by atoms with Gasteiger partial charge in [-0.05, 0) is 33.1 Å². The van der Waals surface area contributed by atoms with Crippen LogP contribution < -0.4 is 5.32 Å². The van der Waals surface area contributed by atoms with Crippen LogP contribution in [0.4, 0.5) is 0 Å². The molecule has 1 unspecified atom stereocenters. The number of nitrogens with one attached hydrogen (secondary N) is 1. The van der Waals surface area contributed by atoms with Crippen LogP contribution in [-0.4, -0.2) is 38.0 Å². The zero-order valence-electron chi connectivity index (χ0n) is 10.5. The molecule has 0 aromatic carbocycles. The Kier molecular flexibility index (Phi) is 5.03. The molecule has 0 aromatic rings. The number of rotatable bonds is 8. The predicted molar refractivity (Wildman–Crippen MR) is 62.1 cm³/mol. The Morgan fingerprint density at radius 2 is 2.07 bits per heavy atom. The summed E-state index contributed by atoms with van der Waals surface area (Å²) in [6.45, 7) is 7.99. The smallest absolute Gasteiger partial charge is 0.0939 e. The zero-order valence-corrected chi connectivity index (χ0v) is 10.5. The number of hydrogen-bond donors (Lipinski definition) is 1. The van der Waals surface area contributed by atoms with Crippen LogP contribution in [0.5, 0.6) is 0 Å². The normalized spacial score (nSPS) is 19.2. The summed E-state index contributed by atoms with van der Waals surface area (Å²) in [5.41, 5.74) is -0.0472. The van der Waals surface area contributed by atoms with E-state index >= 15 is 0 Å². The Morgan fingerprint density at radius 3 is 2.53 bits per heavy atom. The fraction of sp³-hybridized carbons (Fsp3) is 1.00. The lowest BCUT2D eigenvalue weighted by Gasteiger charge is -2.30. The van der Waals surface area contributed by atoms with E-state index in [1.165, 1.54) is 12.8 Å². The lowest BCUT2D eigenvalue weighted by atomic mass is 10.1. The van der Waals surface area contributed by atoms with Crippen LogP contribution in [-0.2, 0) is 9.47 Å². The van der Waals surface area contributed by atoms with Crippen LogP contribution in [0, 0.1) is 0 Å². The van der Waals surface area contributed by atoms with Crippen LogP contribution >= 0.6 is 0 Å². The van der Waals surface area contributed by atoms with Crippen molar-refractivity contribution in [3.63, 3.8) is 0 Å². The maximum absolute atomic E-state index is 6.02. The third-order valence-corrected chi connectivity index (χ3v) is 2.90. The maximum atomic E-state index is 6.02. The molecule has 0 amide bonds. The second-order valence-electron chi connectivity index (χ2n) is 4.99. The van der Waals surface area contributed by atoms with Gasteiger partial charge in [-0.2, -0.15) is 0 Å². The van der Waals surface area contributed by atoms with E-state index in [-0.39, 0.29) is 11.7 Å². The monoisotopic (exact) mass is 215 g/mol. The van der Waals surface area contributed by atoms with Gasteiger partial charge in [-0.1, -0.05) is 6.92 Å². The third-order valence-electron chi connectivity index (χ3n) is 2.90. The zero-order chi connectivity index (χ0) is 11.3. The fourth-order valence-electron chi connectivity index (χ4n) is 1.44. The lowest BCUT2D eigenvalue weighted by molar-refractivity contribution is -0.0958. The lowest BCUT2D eigenvalue weighted by Crippen LogP contribution is -2.39. The fourth-order valence-corrected chi connectivity index (χ4v) is 1.44. The van der Waals surface area contributed by atoms with Gasteiger partial charge in [-0.15, -0.1) is 0 Å². The maximum Gasteiger partial charge on any atom is 0.0939 e. The first-order valence-corrected chi connectivity index (χ1v) is 5.97. The van der Waals surface area contributed by atoms with Gasteiger partial charge < -0.3 is 14.8 Å². The van der Waals surface area contributed by atoms with Crippen LogP contribution in [0.25, 0.3) is 0 Å². The molecule has 90 valence electrons. The van der Waals surface area contributed by atoms with Gasteiger partial charge in [0.2, 0.25) is 0 Å². The Hall–Kier alpha value is -0.120. The van der Waals surface area contributed by atoms with Gasteiger partial charge >= 0.3 is 0 Å². The molecule has 1 rings (SSSR count). The predicted octanol–water partition coefficient (Wildman–Crippen LogP) is 1.96. The summed E-state index contributed by atoms with van der Waals surface area (Å²) in [7, 11) is 1.73. The van der Waals surface area contributed by atoms with E-state index in [1.807, 2.05) is 0 Å². The molecule has 1 aliphatic rings. The van der Waals surface area contributed by atoms with Crippen LogP contribution in [0.3, 0.4) is 0 Å². The summed E-state index contributed by atoms with van der Waals surface area (Å²) < 4.78 is 11.2. The van der Waals surface area contributed by atoms with Crippen molar-refractivity contribution in [2.24, 2.45) is 0 Å². The second kappa shape index (κ2) is 5.83. The molecule has 0 radical (unpaired) electrons. The number of ether oxygens (including phenoxy) is 2. The summed E-state index contributed by atoms with van der Waals surface area (Å²) in [6.07, 6.45) is 3.83. The molecular weight excluding hydrogens is 190 g/mol. The molecule has 3 nitrogen and oxygen atoms in total. The first-order valence-electron chi connectivity index (χ1n) is 5.97. The van der Waals surface area contributed by atoms with E-state index in [9.17, 15) is 0 Å². The van der Waals surface area contributed by atoms with E-state index in [0.717, 1.165) is 19.0 Å². The number of hydrogen-bond acceptors (Lipinski definition) is 3. The van der Waals surface area contributed by atoms with Crippen molar-refractivity contribution < 1.29 is 9.47 Å². The molecule has 15 heavy (non-hydrogen) atoms. The average molecular weight is 215 g/mol. The minimum Gasteiger partial charge on any atom is -0.382 e. The summed E-state index contributed by atoms with van der Waals surface area (Å²) >= 11 is 0. The summed E-state index contributed by atoms with van der Waals surface area (Å²) in [5.74, 6) is 0. The van der Waals surface area contributed by atoms with Gasteiger partial charge in [-0.3, -0.25) is 0 Å². The summed E-state index contributed by atoms with van der Waals surface area (Å²) in [4.78, 5) is 0. The van der Waals surface area contributed by atoms with Gasteiger partial charge in [0, 0.05) is 19.7 Å². The van der Waals surface area contributed by atoms with Crippen molar-refractivity contribution >= 4 is 0 Å². The minimum atomic E-state index is -0.0472. The van der Waals surface area contributed by atoms with Crippen molar-refractivity contribution in [2.75, 3.05) is 20.3 Å². The Morgan fingerprint density at radius 1 is 1.40 bits per heavy atom. The van der Waals surface area contributed by atoms with E-state index in [1.54, 1.807) is 7.11 Å². The van der Waals surface area contributed by atoms with Crippen LogP contribution in [0.1, 0.15) is 40.0 Å². The van der Waals surface area contributed by atoms with Crippen molar-refractivity contribution in [1.82, 2.24) is 5.32 Å². The molecular formula is C12H25NO2. The van der Waals surface area contributed by atoms with Gasteiger partial charge in [0.1, 0.15) is 0 Å². The summed E-state index contributed by atoms with van der Waals surface area (Å²) in [5, 5.41) is 3.48. The molecule has 0 spiro atoms. The van der Waals surface area contributed by atoms with Crippen LogP contribution in [0.2, 0.25) is 0 Å². The van der Waals surface area contributed by atoms with Gasteiger partial charge in [-0.25, -0.2) is 0 Å². The third kappa shape index (κ3) is 5.50. The Labute approximate surface area is 93.5 Å². The second-order valence-corrected chi connectivity index (χ2v) is 4.99. The molecule has 3 heteroatoms. The molecule has 0 saturated heterocycles. The summed E-state index contributed by atoms with van der Waals surface area (Å²) in [6, 6.07) is 0.734. The molecule has 0 aliphatic heterocycles. The van der Waals surface area contributed by atoms with E-state index in [4.69, 9.17) is 9.47 Å². The highest BCUT2D eigenvalue weighted by atomic mass is 16.5. The SMILES string of the molecule is CCC(C)(C)OC(CNC1CC1)COC. The molecule has 1 saturated carbocycles. The van der Waals surface area contributed by atoms with Crippen molar-refractivity contribution in [3.8, 4) is 0 Å². The molecule has 0 bridgehead atoms. The largest absolute Gasteiger partial charge is 0.382 e. The van der Waals surface area contributed by atoms with Crippen molar-refractivity contribution in [3.05, 3.63) is 0 Å². The quantitative estimate of drug-likeness (QED) is 0.671. The van der Waals surface area contributed by atoms with Crippen molar-refractivity contribution in [2.45, 2.75) is 57.8 Å². The topological polar surface area (TPSA) is 30.5 Å². The molecule has 1 atom stereocenters. The number of methoxy groups -OCH3 is 1. The van der Waals surface area contributed by atoms with Gasteiger partial charge in [0.05, 0.1) is 18.3 Å². The first-order chi connectivity index (χ1) is 7.07. The molecule has 0 aromatic heterocycles. The molecule has 1 fully saturated rings. The van der Waals surface area contributed by atoms with Crippen molar-refractivity contribution in [1.29, 1.82) is 0 Å². The standard InChI is InChI=1S/C12H25NO2/c1-5-12(2,3)15-11(9-14-4)8-13-10-6-7-10/h10-11,13H,5-9H2,1-4H3. The van der Waals surface area contributed by atoms with Crippen LogP contribution in [0.15, 0.2) is 0 Å². The molecule has 0 heterocycles. The van der Waals surface area contributed by atoms with E-state index in [2.05, 4.69) is 26.1 Å². The average Bonchev–Trinajstić information content (AvgIpc) is 2.98. The van der Waals surface area contributed by atoms with Gasteiger partial charge in [0.25, 0.3) is 0 Å². The molecule has 1 aliphatic carbocycles. The van der Waals surface area contributed by atoms with E-state index < -0.39 is 0 Å². The highest BCUT2D eigenvalue weighted by molar-refractivity contribution is 4.82. The van der Waals surface area contributed by atoms with E-state index in [0.29, 0.717) is 6.61 Å². The molecule has 1 N–H and O–H groups in total. The first kappa shape index (κ1) is 12.9. The van der Waals surface area contributed by atoms with Gasteiger partial charge in [0.15, 0.2) is 0 Å².